The van der Waals surface area contributed by atoms with Crippen LogP contribution in [-0.2, 0) is 0 Å². The van der Waals surface area contributed by atoms with Crippen LogP contribution in [-0.4, -0.2) is 5.17 Å². The van der Waals surface area contributed by atoms with Gasteiger partial charge in [-0.25, -0.2) is 0 Å². The summed E-state index contributed by atoms with van der Waals surface area (Å²) >= 11 is 1.27. The molecule has 0 saturated heterocycles. The first kappa shape index (κ1) is 9.09. The molecule has 0 amide bonds. The van der Waals surface area contributed by atoms with Gasteiger partial charge < -0.3 is 5.73 Å². The minimum Gasteiger partial charge on any atom is -0.378 e. The standard InChI is InChI=1S/C11H10N2S/c12-11(13)14-10-6-5-8-3-1-2-4-9(8)7-10/h1-7H,(H3,12,13). The van der Waals surface area contributed by atoms with Crippen molar-refractivity contribution in [3.8, 4) is 0 Å². The number of amidine groups is 1. The predicted octanol–water partition coefficient (Wildman–Crippen LogP) is 2.83. The molecule has 2 aromatic rings. The lowest BCUT2D eigenvalue weighted by atomic mass is 10.1. The first-order valence-electron chi connectivity index (χ1n) is 4.26. The van der Waals surface area contributed by atoms with E-state index < -0.39 is 0 Å². The Labute approximate surface area is 86.6 Å². The van der Waals surface area contributed by atoms with Crippen molar-refractivity contribution < 1.29 is 0 Å². The minimum atomic E-state index is 0.125. The second-order valence-corrected chi connectivity index (χ2v) is 4.09. The van der Waals surface area contributed by atoms with Crippen LogP contribution in [0.15, 0.2) is 47.4 Å². The summed E-state index contributed by atoms with van der Waals surface area (Å²) in [5.41, 5.74) is 5.31. The van der Waals surface area contributed by atoms with Crippen LogP contribution < -0.4 is 5.73 Å². The first-order valence-corrected chi connectivity index (χ1v) is 5.08. The number of fused-ring (bicyclic) bond motifs is 1. The SMILES string of the molecule is N=C(N)Sc1ccc2ccccc2c1. The van der Waals surface area contributed by atoms with Crippen LogP contribution in [0.1, 0.15) is 0 Å². The smallest absolute Gasteiger partial charge is 0.155 e. The fraction of sp³-hybridized carbons (Fsp3) is 0. The van der Waals surface area contributed by atoms with Gasteiger partial charge in [0.05, 0.1) is 0 Å². The summed E-state index contributed by atoms with van der Waals surface area (Å²) in [4.78, 5) is 1.01. The highest BCUT2D eigenvalue weighted by molar-refractivity contribution is 8.13. The third kappa shape index (κ3) is 1.88. The van der Waals surface area contributed by atoms with Crippen molar-refractivity contribution in [1.82, 2.24) is 0 Å². The van der Waals surface area contributed by atoms with Crippen molar-refractivity contribution in [3.63, 3.8) is 0 Å². The molecule has 0 spiro atoms. The van der Waals surface area contributed by atoms with Crippen LogP contribution in [0.2, 0.25) is 0 Å². The highest BCUT2D eigenvalue weighted by Gasteiger charge is 1.97. The highest BCUT2D eigenvalue weighted by Crippen LogP contribution is 2.22. The van der Waals surface area contributed by atoms with Gasteiger partial charge in [0.25, 0.3) is 0 Å². The van der Waals surface area contributed by atoms with Gasteiger partial charge >= 0.3 is 0 Å². The van der Waals surface area contributed by atoms with Crippen LogP contribution in [0.4, 0.5) is 0 Å². The Morgan fingerprint density at radius 3 is 2.50 bits per heavy atom. The van der Waals surface area contributed by atoms with E-state index in [9.17, 15) is 0 Å². The van der Waals surface area contributed by atoms with Crippen molar-refractivity contribution >= 4 is 27.7 Å². The van der Waals surface area contributed by atoms with Gasteiger partial charge in [0.1, 0.15) is 0 Å². The van der Waals surface area contributed by atoms with Crippen molar-refractivity contribution in [1.29, 1.82) is 5.41 Å². The number of nitrogens with two attached hydrogens (primary N) is 1. The van der Waals surface area contributed by atoms with E-state index >= 15 is 0 Å². The molecule has 0 atom stereocenters. The Hall–Kier alpha value is -1.48. The number of hydrogen-bond donors (Lipinski definition) is 2. The zero-order valence-corrected chi connectivity index (χ0v) is 8.34. The van der Waals surface area contributed by atoms with E-state index in [0.29, 0.717) is 0 Å². The summed E-state index contributed by atoms with van der Waals surface area (Å²) < 4.78 is 0. The molecule has 0 saturated carbocycles. The van der Waals surface area contributed by atoms with E-state index in [2.05, 4.69) is 12.1 Å². The molecule has 2 nitrogen and oxygen atoms in total. The Morgan fingerprint density at radius 2 is 1.79 bits per heavy atom. The minimum absolute atomic E-state index is 0.125. The molecule has 0 aromatic heterocycles. The summed E-state index contributed by atoms with van der Waals surface area (Å²) in [5.74, 6) is 0. The van der Waals surface area contributed by atoms with Crippen LogP contribution in [0.3, 0.4) is 0 Å². The zero-order valence-electron chi connectivity index (χ0n) is 7.53. The van der Waals surface area contributed by atoms with Gasteiger partial charge in [-0.05, 0) is 22.9 Å². The number of rotatable bonds is 1. The Morgan fingerprint density at radius 1 is 1.07 bits per heavy atom. The quantitative estimate of drug-likeness (QED) is 0.424. The van der Waals surface area contributed by atoms with Crippen LogP contribution in [0.5, 0.6) is 0 Å². The van der Waals surface area contributed by atoms with Crippen molar-refractivity contribution in [2.45, 2.75) is 4.90 Å². The molecule has 0 fully saturated rings. The van der Waals surface area contributed by atoms with E-state index in [1.807, 2.05) is 30.3 Å². The third-order valence-corrected chi connectivity index (χ3v) is 2.66. The van der Waals surface area contributed by atoms with E-state index in [-0.39, 0.29) is 5.17 Å². The Bertz CT molecular complexity index is 479. The average Bonchev–Trinajstić information content (AvgIpc) is 2.17. The molecule has 0 bridgehead atoms. The summed E-state index contributed by atoms with van der Waals surface area (Å²) in [7, 11) is 0. The lowest BCUT2D eigenvalue weighted by Gasteiger charge is -2.01. The van der Waals surface area contributed by atoms with Gasteiger partial charge in [-0.2, -0.15) is 0 Å². The monoisotopic (exact) mass is 202 g/mol. The molecule has 2 aromatic carbocycles. The van der Waals surface area contributed by atoms with Crippen LogP contribution in [0, 0.1) is 5.41 Å². The summed E-state index contributed by atoms with van der Waals surface area (Å²) in [6, 6.07) is 14.2. The van der Waals surface area contributed by atoms with Crippen molar-refractivity contribution in [2.24, 2.45) is 5.73 Å². The topological polar surface area (TPSA) is 49.9 Å². The molecule has 0 unspecified atom stereocenters. The van der Waals surface area contributed by atoms with Gasteiger partial charge in [-0.1, -0.05) is 42.1 Å². The fourth-order valence-corrected chi connectivity index (χ4v) is 1.93. The van der Waals surface area contributed by atoms with Crippen LogP contribution in [0.25, 0.3) is 10.8 Å². The summed E-state index contributed by atoms with van der Waals surface area (Å²) in [6.45, 7) is 0. The fourth-order valence-electron chi connectivity index (χ4n) is 1.36. The molecule has 3 heteroatoms. The van der Waals surface area contributed by atoms with E-state index in [1.165, 1.54) is 22.5 Å². The Balaban J connectivity index is 2.46. The number of hydrogen-bond acceptors (Lipinski definition) is 2. The average molecular weight is 202 g/mol. The molecule has 0 heterocycles. The van der Waals surface area contributed by atoms with E-state index in [4.69, 9.17) is 11.1 Å². The molecule has 0 radical (unpaired) electrons. The van der Waals surface area contributed by atoms with Gasteiger partial charge in [-0.15, -0.1) is 0 Å². The highest BCUT2D eigenvalue weighted by atomic mass is 32.2. The number of nitrogens with one attached hydrogen (secondary N) is 1. The maximum atomic E-state index is 7.18. The molecule has 14 heavy (non-hydrogen) atoms. The molecule has 2 rings (SSSR count). The number of benzene rings is 2. The molecule has 3 N–H and O–H groups in total. The van der Waals surface area contributed by atoms with Gasteiger partial charge in [0.2, 0.25) is 0 Å². The molecule has 0 aliphatic carbocycles. The predicted molar refractivity (Wildman–Crippen MR) is 61.7 cm³/mol. The first-order chi connectivity index (χ1) is 6.75. The van der Waals surface area contributed by atoms with Gasteiger partial charge in [0, 0.05) is 4.90 Å². The van der Waals surface area contributed by atoms with Crippen LogP contribution >= 0.6 is 11.8 Å². The second-order valence-electron chi connectivity index (χ2n) is 2.98. The molecular weight excluding hydrogens is 192 g/mol. The Kier molecular flexibility index (Phi) is 2.41. The van der Waals surface area contributed by atoms with Crippen molar-refractivity contribution in [2.75, 3.05) is 0 Å². The largest absolute Gasteiger partial charge is 0.378 e. The summed E-state index contributed by atoms with van der Waals surface area (Å²) in [5, 5.41) is 9.69. The maximum Gasteiger partial charge on any atom is 0.155 e. The third-order valence-electron chi connectivity index (χ3n) is 1.95. The van der Waals surface area contributed by atoms with E-state index in [1.54, 1.807) is 0 Å². The normalized spacial score (nSPS) is 10.3. The molecule has 0 aliphatic rings. The second kappa shape index (κ2) is 3.72. The van der Waals surface area contributed by atoms with Gasteiger partial charge in [0.15, 0.2) is 5.17 Å². The number of thioether (sulfide) groups is 1. The van der Waals surface area contributed by atoms with Crippen molar-refractivity contribution in [3.05, 3.63) is 42.5 Å². The zero-order chi connectivity index (χ0) is 9.97. The molecular formula is C11H10N2S. The van der Waals surface area contributed by atoms with E-state index in [0.717, 1.165) is 4.90 Å². The molecule has 0 aliphatic heterocycles. The lowest BCUT2D eigenvalue weighted by Crippen LogP contribution is -2.02. The molecule has 70 valence electrons. The lowest BCUT2D eigenvalue weighted by molar-refractivity contribution is 1.48. The maximum absolute atomic E-state index is 7.18. The van der Waals surface area contributed by atoms with Gasteiger partial charge in [-0.3, -0.25) is 5.41 Å². The summed E-state index contributed by atoms with van der Waals surface area (Å²) in [6.07, 6.45) is 0.